The quantitative estimate of drug-likeness (QED) is 0.607. The van der Waals surface area contributed by atoms with E-state index in [-0.39, 0.29) is 5.69 Å². The highest BCUT2D eigenvalue weighted by Gasteiger charge is 2.06. The second kappa shape index (κ2) is 5.36. The first-order valence-corrected chi connectivity index (χ1v) is 5.84. The Morgan fingerprint density at radius 2 is 2.39 bits per heavy atom. The second-order valence-corrected chi connectivity index (χ2v) is 4.00. The van der Waals surface area contributed by atoms with E-state index in [1.54, 1.807) is 13.0 Å². The molecule has 0 bridgehead atoms. The summed E-state index contributed by atoms with van der Waals surface area (Å²) in [6, 6.07) is 1.74. The molecule has 2 N–H and O–H groups in total. The molecule has 0 aliphatic heterocycles. The van der Waals surface area contributed by atoms with Gasteiger partial charge in [0.1, 0.15) is 11.6 Å². The smallest absolute Gasteiger partial charge is 0.349 e. The van der Waals surface area contributed by atoms with Crippen molar-refractivity contribution in [2.75, 3.05) is 11.9 Å². The van der Waals surface area contributed by atoms with Gasteiger partial charge in [0.25, 0.3) is 0 Å². The number of aromatic amines is 1. The van der Waals surface area contributed by atoms with Crippen LogP contribution in [0.4, 0.5) is 5.82 Å². The number of hydrogen-bond donors (Lipinski definition) is 2. The van der Waals surface area contributed by atoms with Crippen molar-refractivity contribution in [1.29, 1.82) is 0 Å². The average Bonchev–Trinajstić information content (AvgIpc) is 2.71. The maximum atomic E-state index is 11.4. The average molecular weight is 245 g/mol. The number of H-pyrrole nitrogens is 1. The van der Waals surface area contributed by atoms with Gasteiger partial charge in [-0.1, -0.05) is 0 Å². The van der Waals surface area contributed by atoms with Gasteiger partial charge in [-0.25, -0.2) is 19.3 Å². The summed E-state index contributed by atoms with van der Waals surface area (Å²) in [7, 11) is 0. The van der Waals surface area contributed by atoms with Crippen LogP contribution in [0, 0.1) is 19.3 Å². The van der Waals surface area contributed by atoms with Crippen LogP contribution < -0.4 is 11.0 Å². The van der Waals surface area contributed by atoms with E-state index in [0.717, 1.165) is 31.6 Å². The van der Waals surface area contributed by atoms with E-state index in [1.807, 2.05) is 0 Å². The molecule has 0 amide bonds. The van der Waals surface area contributed by atoms with E-state index >= 15 is 0 Å². The molecule has 2 rings (SSSR count). The molecule has 18 heavy (non-hydrogen) atoms. The summed E-state index contributed by atoms with van der Waals surface area (Å²) in [6.45, 7) is 2.58. The van der Waals surface area contributed by atoms with Crippen molar-refractivity contribution < 1.29 is 0 Å². The predicted molar refractivity (Wildman–Crippen MR) is 69.5 cm³/mol. The van der Waals surface area contributed by atoms with Crippen LogP contribution in [0.2, 0.25) is 0 Å². The number of anilines is 1. The first-order valence-electron chi connectivity index (χ1n) is 5.84. The molecule has 0 aliphatic rings. The van der Waals surface area contributed by atoms with E-state index in [1.165, 1.54) is 4.40 Å². The van der Waals surface area contributed by atoms with Gasteiger partial charge in [-0.3, -0.25) is 0 Å². The SMILES string of the molecule is C#CCCCCNc1cc2n[nH]c(=O)n2c(C)n1. The van der Waals surface area contributed by atoms with Gasteiger partial charge in [0.05, 0.1) is 0 Å². The molecule has 0 radical (unpaired) electrons. The molecule has 0 spiro atoms. The van der Waals surface area contributed by atoms with E-state index in [4.69, 9.17) is 6.42 Å². The zero-order valence-corrected chi connectivity index (χ0v) is 10.2. The van der Waals surface area contributed by atoms with E-state index in [0.29, 0.717) is 11.5 Å². The Kier molecular flexibility index (Phi) is 3.63. The van der Waals surface area contributed by atoms with Gasteiger partial charge in [-0.15, -0.1) is 12.3 Å². The molecule has 0 aliphatic carbocycles. The number of aryl methyl sites for hydroxylation is 1. The van der Waals surface area contributed by atoms with Crippen molar-refractivity contribution >= 4 is 11.5 Å². The summed E-state index contributed by atoms with van der Waals surface area (Å²) in [5.41, 5.74) is 0.300. The van der Waals surface area contributed by atoms with Gasteiger partial charge in [0.15, 0.2) is 5.65 Å². The van der Waals surface area contributed by atoms with Crippen molar-refractivity contribution in [2.45, 2.75) is 26.2 Å². The molecular formula is C12H15N5O. The van der Waals surface area contributed by atoms with Crippen molar-refractivity contribution in [3.05, 3.63) is 22.4 Å². The lowest BCUT2D eigenvalue weighted by Crippen LogP contribution is -2.14. The summed E-state index contributed by atoms with van der Waals surface area (Å²) < 4.78 is 1.43. The molecule has 0 saturated carbocycles. The lowest BCUT2D eigenvalue weighted by molar-refractivity contribution is 0.785. The number of rotatable bonds is 5. The standard InChI is InChI=1S/C12H15N5O/c1-3-4-5-6-7-13-10-8-11-15-16-12(18)17(11)9(2)14-10/h1,8,13H,4-7H2,2H3,(H,16,18). The third kappa shape index (κ3) is 2.51. The Morgan fingerprint density at radius 3 is 3.17 bits per heavy atom. The normalized spacial score (nSPS) is 10.4. The van der Waals surface area contributed by atoms with Crippen molar-refractivity contribution in [2.24, 2.45) is 0 Å². The van der Waals surface area contributed by atoms with Crippen molar-refractivity contribution in [3.8, 4) is 12.3 Å². The highest BCUT2D eigenvalue weighted by molar-refractivity contribution is 5.49. The molecule has 0 atom stereocenters. The molecule has 0 unspecified atom stereocenters. The van der Waals surface area contributed by atoms with Gasteiger partial charge in [-0.05, 0) is 19.8 Å². The van der Waals surface area contributed by atoms with Gasteiger partial charge < -0.3 is 5.32 Å². The number of hydrogen-bond acceptors (Lipinski definition) is 4. The number of nitrogens with one attached hydrogen (secondary N) is 2. The summed E-state index contributed by atoms with van der Waals surface area (Å²) in [6.07, 6.45) is 7.96. The Balaban J connectivity index is 2.06. The number of aromatic nitrogens is 4. The van der Waals surface area contributed by atoms with Crippen LogP contribution in [0.25, 0.3) is 5.65 Å². The molecule has 2 aromatic rings. The minimum absolute atomic E-state index is 0.268. The van der Waals surface area contributed by atoms with Crippen LogP contribution in [0.15, 0.2) is 10.9 Å². The first-order chi connectivity index (χ1) is 8.72. The maximum Gasteiger partial charge on any atom is 0.349 e. The molecule has 6 heteroatoms. The minimum Gasteiger partial charge on any atom is -0.370 e. The van der Waals surface area contributed by atoms with Crippen LogP contribution in [0.5, 0.6) is 0 Å². The zero-order valence-electron chi connectivity index (χ0n) is 10.2. The van der Waals surface area contributed by atoms with E-state index in [2.05, 4.69) is 26.4 Å². The number of fused-ring (bicyclic) bond motifs is 1. The maximum absolute atomic E-state index is 11.4. The van der Waals surface area contributed by atoms with Crippen LogP contribution in [-0.2, 0) is 0 Å². The summed E-state index contributed by atoms with van der Waals surface area (Å²) in [5, 5.41) is 9.51. The van der Waals surface area contributed by atoms with Crippen LogP contribution in [0.3, 0.4) is 0 Å². The summed E-state index contributed by atoms with van der Waals surface area (Å²) >= 11 is 0. The molecule has 2 heterocycles. The fourth-order valence-electron chi connectivity index (χ4n) is 1.76. The lowest BCUT2D eigenvalue weighted by atomic mass is 10.2. The van der Waals surface area contributed by atoms with Gasteiger partial charge in [0, 0.05) is 19.0 Å². The Labute approximate surface area is 104 Å². The van der Waals surface area contributed by atoms with E-state index < -0.39 is 0 Å². The van der Waals surface area contributed by atoms with Crippen LogP contribution in [0.1, 0.15) is 25.1 Å². The topological polar surface area (TPSA) is 75.1 Å². The molecule has 0 fully saturated rings. The van der Waals surface area contributed by atoms with Crippen molar-refractivity contribution in [1.82, 2.24) is 19.6 Å². The monoisotopic (exact) mass is 245 g/mol. The predicted octanol–water partition coefficient (Wildman–Crippen LogP) is 0.941. The summed E-state index contributed by atoms with van der Waals surface area (Å²) in [5.74, 6) is 3.94. The largest absolute Gasteiger partial charge is 0.370 e. The third-order valence-electron chi connectivity index (χ3n) is 2.62. The molecule has 0 aromatic carbocycles. The Morgan fingerprint density at radius 1 is 1.56 bits per heavy atom. The van der Waals surface area contributed by atoms with Gasteiger partial charge in [-0.2, -0.15) is 5.10 Å². The fourth-order valence-corrected chi connectivity index (χ4v) is 1.76. The van der Waals surface area contributed by atoms with Crippen LogP contribution >= 0.6 is 0 Å². The molecule has 94 valence electrons. The van der Waals surface area contributed by atoms with Gasteiger partial charge in [0.2, 0.25) is 0 Å². The summed E-state index contributed by atoms with van der Waals surface area (Å²) in [4.78, 5) is 15.7. The fraction of sp³-hybridized carbons (Fsp3) is 0.417. The van der Waals surface area contributed by atoms with Crippen molar-refractivity contribution in [3.63, 3.8) is 0 Å². The Hall–Kier alpha value is -2.29. The molecule has 6 nitrogen and oxygen atoms in total. The minimum atomic E-state index is -0.268. The second-order valence-electron chi connectivity index (χ2n) is 4.00. The van der Waals surface area contributed by atoms with Crippen LogP contribution in [-0.4, -0.2) is 26.1 Å². The third-order valence-corrected chi connectivity index (χ3v) is 2.62. The lowest BCUT2D eigenvalue weighted by Gasteiger charge is -2.06. The Bertz CT molecular complexity index is 634. The molecule has 0 saturated heterocycles. The van der Waals surface area contributed by atoms with E-state index in [9.17, 15) is 4.79 Å². The zero-order chi connectivity index (χ0) is 13.0. The number of unbranched alkanes of at least 4 members (excludes halogenated alkanes) is 2. The van der Waals surface area contributed by atoms with Gasteiger partial charge >= 0.3 is 5.69 Å². The number of terminal acetylenes is 1. The number of nitrogens with zero attached hydrogens (tertiary/aromatic N) is 3. The highest BCUT2D eigenvalue weighted by Crippen LogP contribution is 2.08. The highest BCUT2D eigenvalue weighted by atomic mass is 16.1. The molecular weight excluding hydrogens is 230 g/mol. The first kappa shape index (κ1) is 12.2. The molecule has 2 aromatic heterocycles.